The number of H-pyrrole nitrogens is 3. The molecule has 2 aliphatic heterocycles. The Hall–Kier alpha value is -5.09. The van der Waals surface area contributed by atoms with Crippen molar-refractivity contribution >= 4 is 47.6 Å². The van der Waals surface area contributed by atoms with Crippen LogP contribution in [0, 0.1) is 49.7 Å². The maximum atomic E-state index is 14.9. The molecule has 8 bridgehead atoms. The van der Waals surface area contributed by atoms with Crippen molar-refractivity contribution in [2.45, 2.75) is 107 Å². The van der Waals surface area contributed by atoms with Crippen LogP contribution in [0.5, 0.6) is 0 Å². The van der Waals surface area contributed by atoms with Gasteiger partial charge in [0.05, 0.1) is 12.8 Å². The number of methoxy groups -OCH3 is 1. The Balaban J connectivity index is 1.45. The molecule has 0 spiro atoms. The minimum atomic E-state index is -1.33. The van der Waals surface area contributed by atoms with Crippen molar-refractivity contribution in [1.29, 1.82) is 0 Å². The summed E-state index contributed by atoms with van der Waals surface area (Å²) in [4.78, 5) is 51.8. The van der Waals surface area contributed by atoms with E-state index in [1.165, 1.54) is 31.9 Å². The predicted octanol–water partition coefficient (Wildman–Crippen LogP) is 8.45. The highest BCUT2D eigenvalue weighted by Crippen LogP contribution is 2.52. The maximum Gasteiger partial charge on any atom is 0.321 e. The fourth-order valence-corrected chi connectivity index (χ4v) is 9.21. The number of ether oxygens (including phenoxy) is 2. The maximum absolute atomic E-state index is 14.9. The number of aromatic amines is 3. The fraction of sp³-hybridized carbons (Fsp3) is 0.468. The minimum Gasteiger partial charge on any atom is -0.754 e. The summed E-state index contributed by atoms with van der Waals surface area (Å²) in [6.45, 7) is 20.9. The third kappa shape index (κ3) is 7.81. The number of esters is 2. The first-order valence-electron chi connectivity index (χ1n) is 20.6. The van der Waals surface area contributed by atoms with Gasteiger partial charge < -0.3 is 34.7 Å². The normalized spacial score (nSPS) is 21.5. The van der Waals surface area contributed by atoms with Crippen LogP contribution in [0.2, 0.25) is 0 Å². The molecule has 3 aromatic rings. The van der Waals surface area contributed by atoms with Crippen LogP contribution in [0.15, 0.2) is 29.6 Å². The Morgan fingerprint density at radius 1 is 0.982 bits per heavy atom. The number of fused-ring (bicyclic) bond motifs is 7. The number of rotatable bonds is 14. The van der Waals surface area contributed by atoms with Crippen LogP contribution in [0.1, 0.15) is 141 Å². The average Bonchev–Trinajstić information content (AvgIpc) is 3.90. The highest BCUT2D eigenvalue weighted by Gasteiger charge is 2.49. The Labute approximate surface area is 336 Å². The van der Waals surface area contributed by atoms with Gasteiger partial charge in [0, 0.05) is 74.1 Å². The minimum absolute atomic E-state index is 0.0517. The lowest BCUT2D eigenvalue weighted by Crippen LogP contribution is -2.25. The highest BCUT2D eigenvalue weighted by atomic mass is 16.5. The fourth-order valence-electron chi connectivity index (χ4n) is 9.21. The van der Waals surface area contributed by atoms with Gasteiger partial charge in [-0.2, -0.15) is 0 Å². The average molecular weight is 776 g/mol. The van der Waals surface area contributed by atoms with Crippen molar-refractivity contribution in [3.8, 4) is 0 Å². The summed E-state index contributed by atoms with van der Waals surface area (Å²) in [5.41, 5.74) is 10.1. The van der Waals surface area contributed by atoms with Gasteiger partial charge in [0.2, 0.25) is 0 Å². The van der Waals surface area contributed by atoms with Gasteiger partial charge in [0.25, 0.3) is 0 Å². The molecule has 304 valence electrons. The van der Waals surface area contributed by atoms with Crippen molar-refractivity contribution in [2.24, 2.45) is 23.7 Å². The summed E-state index contributed by atoms with van der Waals surface area (Å²) in [5.74, 6) is -3.05. The molecular weight excluding hydrogens is 717 g/mol. The largest absolute Gasteiger partial charge is 0.754 e. The first kappa shape index (κ1) is 41.5. The standard InChI is InChI=1S/C47H59N4O6/c1-11-15-25(4)16-14-17-26(5)20-21-57-40(52)19-18-33-29(8)39-24-36-28(7)32(13-3)37(49-36)22-34-27(6)31(12-2)38(48-34)23-35-30(9)41-44(50-35)42(45(33)51(39)55)43(46(41)53)47(54)56-10/h13,20,22-25,29,33,43,48-50H,3,11-12,14-19,21H2,1-2,4-10H3/q-1/b26-20+,34-22-,38-23-,39-24-,45-42?/t25-,29+,33+,43-/m1/s1. The van der Waals surface area contributed by atoms with E-state index in [1.54, 1.807) is 0 Å². The quantitative estimate of drug-likeness (QED) is 0.0847. The number of allylic oxidation sites excluding steroid dienone is 3. The zero-order chi connectivity index (χ0) is 41.3. The topological polar surface area (TPSA) is 143 Å². The summed E-state index contributed by atoms with van der Waals surface area (Å²) < 4.78 is 10.9. The molecule has 0 aromatic carbocycles. The lowest BCUT2D eigenvalue weighted by molar-refractivity contribution is -0.143. The van der Waals surface area contributed by atoms with Crippen molar-refractivity contribution in [1.82, 2.24) is 20.0 Å². The molecule has 3 aromatic heterocycles. The first-order chi connectivity index (χ1) is 27.3. The van der Waals surface area contributed by atoms with Crippen LogP contribution in [0.3, 0.4) is 0 Å². The van der Waals surface area contributed by atoms with Gasteiger partial charge in [-0.3, -0.25) is 14.4 Å². The third-order valence-corrected chi connectivity index (χ3v) is 12.6. The lowest BCUT2D eigenvalue weighted by atomic mass is 9.85. The number of ketones is 1. The molecule has 10 heteroatoms. The molecule has 0 unspecified atom stereocenters. The summed E-state index contributed by atoms with van der Waals surface area (Å²) in [5, 5.41) is 17.6. The van der Waals surface area contributed by atoms with E-state index in [-0.39, 0.29) is 37.0 Å². The zero-order valence-electron chi connectivity index (χ0n) is 35.2. The predicted molar refractivity (Wildman–Crippen MR) is 227 cm³/mol. The van der Waals surface area contributed by atoms with E-state index in [1.807, 2.05) is 45.1 Å². The number of nitrogens with zero attached hydrogens (tertiary/aromatic N) is 1. The van der Waals surface area contributed by atoms with Gasteiger partial charge in [-0.25, -0.2) is 0 Å². The smallest absolute Gasteiger partial charge is 0.321 e. The number of carbonyl (C=O) groups excluding carboxylic acids is 3. The second kappa shape index (κ2) is 17.2. The van der Waals surface area contributed by atoms with Crippen molar-refractivity contribution in [2.75, 3.05) is 13.7 Å². The van der Waals surface area contributed by atoms with Crippen LogP contribution in [0.25, 0.3) is 29.9 Å². The summed E-state index contributed by atoms with van der Waals surface area (Å²) in [6.07, 6.45) is 16.5. The van der Waals surface area contributed by atoms with E-state index in [0.29, 0.717) is 39.7 Å². The molecule has 3 N–H and O–H groups in total. The number of hydroxylamine groups is 2. The SMILES string of the molecule is C=Cc1c2[nH]c(c1C)/C=C1/[C@@H](C)[C@H](CCC(=O)OC/C=C(\C)CCC[C@H](C)CCC)C(=C3c4[nH]c(c(C)c4C(=O)[C@@H]3C(=O)OC)/C=c3\[nH]/c(c(C)c3CC)=C\2)N1[O-]. The number of carbonyl (C=O) groups is 3. The van der Waals surface area contributed by atoms with Gasteiger partial charge in [-0.1, -0.05) is 65.2 Å². The molecule has 1 fully saturated rings. The van der Waals surface area contributed by atoms with Crippen LogP contribution in [-0.4, -0.2) is 51.5 Å². The lowest BCUT2D eigenvalue weighted by Gasteiger charge is -2.32. The summed E-state index contributed by atoms with van der Waals surface area (Å²) in [6, 6.07) is 0. The number of hydrogen-bond donors (Lipinski definition) is 3. The highest BCUT2D eigenvalue weighted by molar-refractivity contribution is 6.24. The van der Waals surface area contributed by atoms with Gasteiger partial charge >= 0.3 is 11.9 Å². The Morgan fingerprint density at radius 2 is 1.70 bits per heavy atom. The van der Waals surface area contributed by atoms with Gasteiger partial charge in [-0.05, 0) is 106 Å². The van der Waals surface area contributed by atoms with E-state index in [9.17, 15) is 19.6 Å². The summed E-state index contributed by atoms with van der Waals surface area (Å²) in [7, 11) is 1.25. The van der Waals surface area contributed by atoms with Crippen molar-refractivity contribution < 1.29 is 23.9 Å². The van der Waals surface area contributed by atoms with Crippen molar-refractivity contribution in [3.63, 3.8) is 0 Å². The number of nitrogens with one attached hydrogen (secondary N) is 3. The molecule has 0 amide bonds. The Morgan fingerprint density at radius 3 is 2.39 bits per heavy atom. The van der Waals surface area contributed by atoms with E-state index in [4.69, 9.17) is 9.47 Å². The molecule has 0 saturated carbocycles. The Kier molecular flexibility index (Phi) is 12.5. The first-order valence-corrected chi connectivity index (χ1v) is 20.6. The third-order valence-electron chi connectivity index (χ3n) is 12.6. The van der Waals surface area contributed by atoms with E-state index >= 15 is 0 Å². The molecule has 4 atom stereocenters. The molecule has 10 nitrogen and oxygen atoms in total. The second-order valence-electron chi connectivity index (χ2n) is 16.2. The molecular formula is C47H59N4O6-. The van der Waals surface area contributed by atoms with Crippen LogP contribution in [-0.2, 0) is 25.5 Å². The zero-order valence-corrected chi connectivity index (χ0v) is 35.2. The van der Waals surface area contributed by atoms with Crippen molar-refractivity contribution in [3.05, 3.63) is 102 Å². The monoisotopic (exact) mass is 775 g/mol. The molecule has 0 radical (unpaired) electrons. The van der Waals surface area contributed by atoms with Crippen LogP contribution in [0.4, 0.5) is 0 Å². The van der Waals surface area contributed by atoms with Gasteiger partial charge in [0.15, 0.2) is 5.78 Å². The van der Waals surface area contributed by atoms with Gasteiger partial charge in [-0.15, -0.1) is 0 Å². The van der Waals surface area contributed by atoms with E-state index < -0.39 is 23.6 Å². The van der Waals surface area contributed by atoms with Gasteiger partial charge in [0.1, 0.15) is 12.5 Å². The van der Waals surface area contributed by atoms with Crippen LogP contribution < -0.4 is 10.7 Å². The molecule has 1 saturated heterocycles. The molecule has 5 heterocycles. The van der Waals surface area contributed by atoms with Crippen LogP contribution >= 0.6 is 0 Å². The van der Waals surface area contributed by atoms with E-state index in [0.717, 1.165) is 68.7 Å². The Bertz CT molecular complexity index is 2310. The molecule has 57 heavy (non-hydrogen) atoms. The molecule has 1 aliphatic carbocycles. The number of hydrogen-bond acceptors (Lipinski definition) is 7. The second-order valence-corrected chi connectivity index (χ2v) is 16.2. The number of aromatic nitrogens is 3. The summed E-state index contributed by atoms with van der Waals surface area (Å²) >= 11 is 0. The molecule has 3 aliphatic rings. The number of Topliss-reactive ketones (excluding diaryl/α,β-unsaturated/α-hetero) is 1. The van der Waals surface area contributed by atoms with E-state index in [2.05, 4.69) is 62.2 Å². The molecule has 6 rings (SSSR count).